The van der Waals surface area contributed by atoms with Gasteiger partial charge in [0.25, 0.3) is 5.91 Å². The predicted molar refractivity (Wildman–Crippen MR) is 73.0 cm³/mol. The van der Waals surface area contributed by atoms with Gasteiger partial charge >= 0.3 is 0 Å². The summed E-state index contributed by atoms with van der Waals surface area (Å²) in [5.41, 5.74) is 1.10. The summed E-state index contributed by atoms with van der Waals surface area (Å²) in [5, 5.41) is 0. The summed E-state index contributed by atoms with van der Waals surface area (Å²) in [5.74, 6) is -0.396. The molecule has 1 amide bonds. The number of rotatable bonds is 5. The molecule has 1 aromatic carbocycles. The minimum absolute atomic E-state index is 0.198. The normalized spacial score (nSPS) is 11.2. The quantitative estimate of drug-likeness (QED) is 0.454. The van der Waals surface area contributed by atoms with Gasteiger partial charge in [-0.2, -0.15) is 0 Å². The van der Waals surface area contributed by atoms with E-state index in [-0.39, 0.29) is 17.3 Å². The summed E-state index contributed by atoms with van der Waals surface area (Å²) in [7, 11) is 0. The maximum absolute atomic E-state index is 12.2. The van der Waals surface area contributed by atoms with Gasteiger partial charge in [-0.25, -0.2) is 0 Å². The third-order valence-corrected chi connectivity index (χ3v) is 2.77. The van der Waals surface area contributed by atoms with E-state index < -0.39 is 0 Å². The SMILES string of the molecule is CCN(CC)C(=O)/C(=C\c1ccccc1)C(C)=O. The Balaban J connectivity index is 3.07. The largest absolute Gasteiger partial charge is 0.339 e. The van der Waals surface area contributed by atoms with Gasteiger partial charge < -0.3 is 4.90 Å². The Bertz CT molecular complexity index is 445. The molecule has 0 heterocycles. The van der Waals surface area contributed by atoms with Gasteiger partial charge in [0.2, 0.25) is 0 Å². The van der Waals surface area contributed by atoms with Crippen molar-refractivity contribution in [2.24, 2.45) is 0 Å². The number of benzene rings is 1. The van der Waals surface area contributed by atoms with Crippen LogP contribution in [-0.2, 0) is 9.59 Å². The molecule has 3 nitrogen and oxygen atoms in total. The van der Waals surface area contributed by atoms with E-state index in [1.165, 1.54) is 6.92 Å². The predicted octanol–water partition coefficient (Wildman–Crippen LogP) is 2.53. The zero-order valence-electron chi connectivity index (χ0n) is 11.1. The van der Waals surface area contributed by atoms with E-state index in [1.807, 2.05) is 44.2 Å². The Hall–Kier alpha value is -1.90. The first-order valence-electron chi connectivity index (χ1n) is 6.17. The number of ketones is 1. The third kappa shape index (κ3) is 3.55. The molecule has 0 bridgehead atoms. The second-order valence-electron chi connectivity index (χ2n) is 4.00. The van der Waals surface area contributed by atoms with E-state index >= 15 is 0 Å². The number of nitrogens with zero attached hydrogens (tertiary/aromatic N) is 1. The molecule has 0 saturated heterocycles. The van der Waals surface area contributed by atoms with Crippen molar-refractivity contribution < 1.29 is 9.59 Å². The van der Waals surface area contributed by atoms with Crippen LogP contribution in [0.25, 0.3) is 6.08 Å². The Morgan fingerprint density at radius 3 is 2.11 bits per heavy atom. The van der Waals surface area contributed by atoms with Crippen molar-refractivity contribution in [2.75, 3.05) is 13.1 Å². The number of Topliss-reactive ketones (excluding diaryl/α,β-unsaturated/α-hetero) is 1. The molecule has 18 heavy (non-hydrogen) atoms. The highest BCUT2D eigenvalue weighted by Gasteiger charge is 2.18. The fourth-order valence-corrected chi connectivity index (χ4v) is 1.71. The van der Waals surface area contributed by atoms with E-state index in [2.05, 4.69) is 0 Å². The molecule has 0 saturated carbocycles. The summed E-state index contributed by atoms with van der Waals surface area (Å²) in [6, 6.07) is 9.41. The van der Waals surface area contributed by atoms with Crippen LogP contribution in [0.15, 0.2) is 35.9 Å². The molecule has 0 aromatic heterocycles. The van der Waals surface area contributed by atoms with Crippen LogP contribution in [0, 0.1) is 0 Å². The van der Waals surface area contributed by atoms with Gasteiger partial charge in [-0.3, -0.25) is 9.59 Å². The molecular formula is C15H19NO2. The van der Waals surface area contributed by atoms with Crippen molar-refractivity contribution in [1.82, 2.24) is 4.90 Å². The number of hydrogen-bond acceptors (Lipinski definition) is 2. The highest BCUT2D eigenvalue weighted by molar-refractivity contribution is 6.21. The lowest BCUT2D eigenvalue weighted by Crippen LogP contribution is -2.33. The fourth-order valence-electron chi connectivity index (χ4n) is 1.71. The molecule has 0 aliphatic heterocycles. The average Bonchev–Trinajstić information content (AvgIpc) is 2.38. The van der Waals surface area contributed by atoms with Gasteiger partial charge in [-0.1, -0.05) is 30.3 Å². The molecular weight excluding hydrogens is 226 g/mol. The number of hydrogen-bond donors (Lipinski definition) is 0. The molecule has 0 aliphatic carbocycles. The standard InChI is InChI=1S/C15H19NO2/c1-4-16(5-2)15(18)14(12(3)17)11-13-9-7-6-8-10-13/h6-11H,4-5H2,1-3H3/b14-11-. The fraction of sp³-hybridized carbons (Fsp3) is 0.333. The Kier molecular flexibility index (Phi) is 5.31. The zero-order chi connectivity index (χ0) is 13.5. The van der Waals surface area contributed by atoms with Crippen LogP contribution < -0.4 is 0 Å². The lowest BCUT2D eigenvalue weighted by Gasteiger charge is -2.19. The first-order chi connectivity index (χ1) is 8.60. The van der Waals surface area contributed by atoms with Crippen LogP contribution in [0.5, 0.6) is 0 Å². The van der Waals surface area contributed by atoms with Gasteiger partial charge in [-0.05, 0) is 32.4 Å². The summed E-state index contributed by atoms with van der Waals surface area (Å²) in [4.78, 5) is 25.4. The molecule has 1 rings (SSSR count). The lowest BCUT2D eigenvalue weighted by molar-refractivity contribution is -0.128. The van der Waals surface area contributed by atoms with Crippen LogP contribution in [0.3, 0.4) is 0 Å². The molecule has 0 radical (unpaired) electrons. The smallest absolute Gasteiger partial charge is 0.257 e. The average molecular weight is 245 g/mol. The van der Waals surface area contributed by atoms with Gasteiger partial charge in [0, 0.05) is 13.1 Å². The number of amides is 1. The van der Waals surface area contributed by atoms with Crippen LogP contribution in [0.1, 0.15) is 26.3 Å². The summed E-state index contributed by atoms with van der Waals surface area (Å²) in [6.45, 7) is 6.45. The molecule has 0 atom stereocenters. The van der Waals surface area contributed by atoms with Gasteiger partial charge in [0.05, 0.1) is 5.57 Å². The molecule has 0 aliphatic rings. The monoisotopic (exact) mass is 245 g/mol. The van der Waals surface area contributed by atoms with Gasteiger partial charge in [-0.15, -0.1) is 0 Å². The lowest BCUT2D eigenvalue weighted by atomic mass is 10.1. The molecule has 0 fully saturated rings. The van der Waals surface area contributed by atoms with E-state index in [0.29, 0.717) is 13.1 Å². The van der Waals surface area contributed by atoms with Crippen molar-refractivity contribution in [1.29, 1.82) is 0 Å². The maximum Gasteiger partial charge on any atom is 0.257 e. The molecule has 3 heteroatoms. The van der Waals surface area contributed by atoms with E-state index in [4.69, 9.17) is 0 Å². The Morgan fingerprint density at radius 2 is 1.67 bits per heavy atom. The van der Waals surface area contributed by atoms with E-state index in [9.17, 15) is 9.59 Å². The van der Waals surface area contributed by atoms with Crippen molar-refractivity contribution in [3.05, 3.63) is 41.5 Å². The minimum Gasteiger partial charge on any atom is -0.339 e. The van der Waals surface area contributed by atoms with Crippen molar-refractivity contribution >= 4 is 17.8 Å². The van der Waals surface area contributed by atoms with Crippen LogP contribution >= 0.6 is 0 Å². The summed E-state index contributed by atoms with van der Waals surface area (Å²) in [6.07, 6.45) is 1.66. The molecule has 0 N–H and O–H groups in total. The highest BCUT2D eigenvalue weighted by Crippen LogP contribution is 2.10. The van der Waals surface area contributed by atoms with Crippen LogP contribution in [0.2, 0.25) is 0 Å². The van der Waals surface area contributed by atoms with Crippen LogP contribution in [-0.4, -0.2) is 29.7 Å². The Labute approximate surface area is 108 Å². The second kappa shape index (κ2) is 6.74. The zero-order valence-corrected chi connectivity index (χ0v) is 11.1. The first kappa shape index (κ1) is 14.2. The number of carbonyl (C=O) groups excluding carboxylic acids is 2. The van der Waals surface area contributed by atoms with Gasteiger partial charge in [0.1, 0.15) is 0 Å². The van der Waals surface area contributed by atoms with E-state index in [0.717, 1.165) is 5.56 Å². The highest BCUT2D eigenvalue weighted by atomic mass is 16.2. The van der Waals surface area contributed by atoms with Crippen molar-refractivity contribution in [2.45, 2.75) is 20.8 Å². The first-order valence-corrected chi connectivity index (χ1v) is 6.17. The second-order valence-corrected chi connectivity index (χ2v) is 4.00. The maximum atomic E-state index is 12.2. The third-order valence-electron chi connectivity index (χ3n) is 2.77. The molecule has 1 aromatic rings. The number of likely N-dealkylation sites (N-methyl/N-ethyl adjacent to an activating group) is 1. The summed E-state index contributed by atoms with van der Waals surface area (Å²) < 4.78 is 0. The molecule has 0 unspecified atom stereocenters. The minimum atomic E-state index is -0.198. The van der Waals surface area contributed by atoms with E-state index in [1.54, 1.807) is 11.0 Å². The molecule has 0 spiro atoms. The summed E-state index contributed by atoms with van der Waals surface area (Å²) >= 11 is 0. The van der Waals surface area contributed by atoms with Gasteiger partial charge in [0.15, 0.2) is 5.78 Å². The topological polar surface area (TPSA) is 37.4 Å². The molecule has 96 valence electrons. The van der Waals surface area contributed by atoms with Crippen LogP contribution in [0.4, 0.5) is 0 Å². The van der Waals surface area contributed by atoms with Crippen molar-refractivity contribution in [3.63, 3.8) is 0 Å². The number of carbonyl (C=O) groups is 2. The Morgan fingerprint density at radius 1 is 1.11 bits per heavy atom. The van der Waals surface area contributed by atoms with Crippen molar-refractivity contribution in [3.8, 4) is 0 Å².